The van der Waals surface area contributed by atoms with Gasteiger partial charge in [-0.05, 0) is 24.5 Å². The number of nitrogens with one attached hydrogen (secondary N) is 2. The van der Waals surface area contributed by atoms with Crippen LogP contribution in [0.15, 0.2) is 27.7 Å². The second kappa shape index (κ2) is 11.2. The SMILES string of the molecule is COc1ccc(Br)cc1CN=C(NCCSC)NCC(=O)N(C)C. The summed E-state index contributed by atoms with van der Waals surface area (Å²) in [5.41, 5.74) is 0.969. The van der Waals surface area contributed by atoms with Crippen LogP contribution in [0, 0.1) is 0 Å². The van der Waals surface area contributed by atoms with Gasteiger partial charge in [-0.1, -0.05) is 15.9 Å². The van der Waals surface area contributed by atoms with Crippen LogP contribution in [-0.2, 0) is 11.3 Å². The molecule has 134 valence electrons. The third-order valence-corrected chi connectivity index (χ3v) is 4.26. The van der Waals surface area contributed by atoms with Crippen LogP contribution in [0.4, 0.5) is 0 Å². The molecule has 0 aliphatic carbocycles. The number of likely N-dealkylation sites (N-methyl/N-ethyl adjacent to an activating group) is 1. The van der Waals surface area contributed by atoms with Crippen molar-refractivity contribution < 1.29 is 9.53 Å². The molecule has 0 saturated carbocycles. The van der Waals surface area contributed by atoms with Crippen molar-refractivity contribution in [2.75, 3.05) is 46.3 Å². The van der Waals surface area contributed by atoms with E-state index in [1.54, 1.807) is 37.9 Å². The fourth-order valence-electron chi connectivity index (χ4n) is 1.80. The van der Waals surface area contributed by atoms with Crippen molar-refractivity contribution in [1.29, 1.82) is 0 Å². The van der Waals surface area contributed by atoms with Gasteiger partial charge in [-0.3, -0.25) is 4.79 Å². The van der Waals surface area contributed by atoms with Crippen LogP contribution in [0.1, 0.15) is 5.56 Å². The first-order chi connectivity index (χ1) is 11.5. The zero-order valence-electron chi connectivity index (χ0n) is 14.6. The van der Waals surface area contributed by atoms with E-state index in [1.165, 1.54) is 0 Å². The Bertz CT molecular complexity index is 567. The average Bonchev–Trinajstić information content (AvgIpc) is 2.56. The van der Waals surface area contributed by atoms with Gasteiger partial charge in [-0.15, -0.1) is 0 Å². The predicted octanol–water partition coefficient (Wildman–Crippen LogP) is 1.94. The van der Waals surface area contributed by atoms with Gasteiger partial charge in [-0.2, -0.15) is 11.8 Å². The van der Waals surface area contributed by atoms with Gasteiger partial charge >= 0.3 is 0 Å². The molecule has 0 saturated heterocycles. The van der Waals surface area contributed by atoms with Crippen LogP contribution in [0.3, 0.4) is 0 Å². The van der Waals surface area contributed by atoms with Crippen molar-refractivity contribution in [2.24, 2.45) is 4.99 Å². The normalized spacial score (nSPS) is 11.1. The number of carbonyl (C=O) groups is 1. The number of thioether (sulfide) groups is 1. The highest BCUT2D eigenvalue weighted by atomic mass is 79.9. The Morgan fingerprint density at radius 3 is 2.75 bits per heavy atom. The van der Waals surface area contributed by atoms with Gasteiger partial charge in [0.2, 0.25) is 5.91 Å². The van der Waals surface area contributed by atoms with Crippen molar-refractivity contribution in [3.63, 3.8) is 0 Å². The topological polar surface area (TPSA) is 66.0 Å². The summed E-state index contributed by atoms with van der Waals surface area (Å²) in [6.45, 7) is 1.43. The van der Waals surface area contributed by atoms with E-state index in [0.29, 0.717) is 12.5 Å². The first-order valence-electron chi connectivity index (χ1n) is 7.51. The minimum Gasteiger partial charge on any atom is -0.496 e. The number of methoxy groups -OCH3 is 1. The number of aliphatic imine (C=N–C) groups is 1. The number of nitrogens with zero attached hydrogens (tertiary/aromatic N) is 2. The number of ether oxygens (including phenoxy) is 1. The first-order valence-corrected chi connectivity index (χ1v) is 9.70. The highest BCUT2D eigenvalue weighted by Gasteiger charge is 2.07. The molecule has 0 bridgehead atoms. The third kappa shape index (κ3) is 7.44. The number of hydrogen-bond acceptors (Lipinski definition) is 4. The van der Waals surface area contributed by atoms with Gasteiger partial charge in [-0.25, -0.2) is 4.99 Å². The fourth-order valence-corrected chi connectivity index (χ4v) is 2.51. The van der Waals surface area contributed by atoms with Crippen LogP contribution < -0.4 is 15.4 Å². The number of amides is 1. The second-order valence-corrected chi connectivity index (χ2v) is 7.08. The van der Waals surface area contributed by atoms with E-state index >= 15 is 0 Å². The van der Waals surface area contributed by atoms with Crippen molar-refractivity contribution in [2.45, 2.75) is 6.54 Å². The Morgan fingerprint density at radius 1 is 1.38 bits per heavy atom. The summed E-state index contributed by atoms with van der Waals surface area (Å²) in [6.07, 6.45) is 2.05. The van der Waals surface area contributed by atoms with Gasteiger partial charge in [0.15, 0.2) is 5.96 Å². The lowest BCUT2D eigenvalue weighted by atomic mass is 10.2. The van der Waals surface area contributed by atoms with E-state index in [0.717, 1.165) is 28.1 Å². The average molecular weight is 417 g/mol. The van der Waals surface area contributed by atoms with E-state index < -0.39 is 0 Å². The molecule has 0 aromatic heterocycles. The summed E-state index contributed by atoms with van der Waals surface area (Å²) < 4.78 is 6.34. The van der Waals surface area contributed by atoms with E-state index in [2.05, 4.69) is 31.6 Å². The maximum absolute atomic E-state index is 11.7. The molecule has 24 heavy (non-hydrogen) atoms. The Kier molecular flexibility index (Phi) is 9.63. The number of guanidine groups is 1. The predicted molar refractivity (Wildman–Crippen MR) is 105 cm³/mol. The molecule has 1 rings (SSSR count). The summed E-state index contributed by atoms with van der Waals surface area (Å²) in [5.74, 6) is 2.35. The summed E-state index contributed by atoms with van der Waals surface area (Å²) in [4.78, 5) is 17.9. The Morgan fingerprint density at radius 2 is 2.12 bits per heavy atom. The molecule has 0 aliphatic rings. The minimum absolute atomic E-state index is 0.00518. The minimum atomic E-state index is -0.00518. The van der Waals surface area contributed by atoms with Crippen molar-refractivity contribution in [1.82, 2.24) is 15.5 Å². The molecular weight excluding hydrogens is 392 g/mol. The van der Waals surface area contributed by atoms with E-state index in [1.807, 2.05) is 24.5 Å². The van der Waals surface area contributed by atoms with Gasteiger partial charge in [0, 0.05) is 36.4 Å². The molecule has 0 heterocycles. The molecule has 0 radical (unpaired) electrons. The van der Waals surface area contributed by atoms with Gasteiger partial charge < -0.3 is 20.3 Å². The largest absolute Gasteiger partial charge is 0.496 e. The number of halogens is 1. The smallest absolute Gasteiger partial charge is 0.241 e. The van der Waals surface area contributed by atoms with E-state index in [9.17, 15) is 4.79 Å². The summed E-state index contributed by atoms with van der Waals surface area (Å²) in [7, 11) is 5.10. The molecule has 0 unspecified atom stereocenters. The third-order valence-electron chi connectivity index (χ3n) is 3.15. The van der Waals surface area contributed by atoms with Crippen LogP contribution in [0.25, 0.3) is 0 Å². The summed E-state index contributed by atoms with van der Waals surface area (Å²) >= 11 is 5.21. The van der Waals surface area contributed by atoms with Crippen molar-refractivity contribution in [3.05, 3.63) is 28.2 Å². The highest BCUT2D eigenvalue weighted by molar-refractivity contribution is 9.10. The number of hydrogen-bond donors (Lipinski definition) is 2. The lowest BCUT2D eigenvalue weighted by molar-refractivity contribution is -0.127. The summed E-state index contributed by atoms with van der Waals surface area (Å²) in [6, 6.07) is 5.81. The Hall–Kier alpha value is -1.41. The molecule has 1 aromatic carbocycles. The first kappa shape index (κ1) is 20.6. The van der Waals surface area contributed by atoms with Crippen molar-refractivity contribution >= 4 is 39.6 Å². The van der Waals surface area contributed by atoms with Crippen LogP contribution in [0.5, 0.6) is 5.75 Å². The molecule has 6 nitrogen and oxygen atoms in total. The van der Waals surface area contributed by atoms with Gasteiger partial charge in [0.1, 0.15) is 5.75 Å². The number of carbonyl (C=O) groups excluding carboxylic acids is 1. The molecule has 0 spiro atoms. The Balaban J connectivity index is 2.79. The van der Waals surface area contributed by atoms with Crippen LogP contribution in [0.2, 0.25) is 0 Å². The van der Waals surface area contributed by atoms with E-state index in [4.69, 9.17) is 4.74 Å². The fraction of sp³-hybridized carbons (Fsp3) is 0.500. The lowest BCUT2D eigenvalue weighted by Crippen LogP contribution is -2.43. The van der Waals surface area contributed by atoms with E-state index in [-0.39, 0.29) is 12.5 Å². The molecule has 8 heteroatoms. The quantitative estimate of drug-likeness (QED) is 0.385. The monoisotopic (exact) mass is 416 g/mol. The highest BCUT2D eigenvalue weighted by Crippen LogP contribution is 2.23. The zero-order chi connectivity index (χ0) is 17.9. The molecule has 0 atom stereocenters. The maximum atomic E-state index is 11.7. The van der Waals surface area contributed by atoms with Crippen LogP contribution >= 0.6 is 27.7 Å². The van der Waals surface area contributed by atoms with Crippen LogP contribution in [-0.4, -0.2) is 63.1 Å². The Labute approximate surface area is 156 Å². The number of benzene rings is 1. The molecule has 0 fully saturated rings. The molecular formula is C16H25BrN4O2S. The standard InChI is InChI=1S/C16H25BrN4O2S/c1-21(2)15(22)11-20-16(18-7-8-24-4)19-10-12-9-13(17)5-6-14(12)23-3/h5-6,9H,7-8,10-11H2,1-4H3,(H2,18,19,20). The molecule has 0 aliphatic heterocycles. The van der Waals surface area contributed by atoms with Gasteiger partial charge in [0.25, 0.3) is 0 Å². The molecule has 1 amide bonds. The second-order valence-electron chi connectivity index (χ2n) is 5.18. The molecule has 2 N–H and O–H groups in total. The summed E-state index contributed by atoms with van der Waals surface area (Å²) in [5, 5.41) is 6.30. The van der Waals surface area contributed by atoms with Crippen molar-refractivity contribution in [3.8, 4) is 5.75 Å². The van der Waals surface area contributed by atoms with Gasteiger partial charge in [0.05, 0.1) is 20.2 Å². The lowest BCUT2D eigenvalue weighted by Gasteiger charge is -2.15. The number of rotatable bonds is 8. The molecule has 1 aromatic rings. The maximum Gasteiger partial charge on any atom is 0.241 e. The zero-order valence-corrected chi connectivity index (χ0v) is 17.0.